The van der Waals surface area contributed by atoms with Crippen LogP contribution in [0.1, 0.15) is 94.0 Å². The van der Waals surface area contributed by atoms with E-state index in [4.69, 9.17) is 4.74 Å². The van der Waals surface area contributed by atoms with E-state index in [2.05, 4.69) is 43.4 Å². The molecule has 0 spiro atoms. The number of para-hydroxylation sites is 1. The molecule has 2 atom stereocenters. The van der Waals surface area contributed by atoms with Crippen LogP contribution >= 0.6 is 22.6 Å². The lowest BCUT2D eigenvalue weighted by Crippen LogP contribution is -2.15. The molecule has 2 unspecified atom stereocenters. The summed E-state index contributed by atoms with van der Waals surface area (Å²) >= 11 is 2.43. The van der Waals surface area contributed by atoms with Gasteiger partial charge in [0.2, 0.25) is 0 Å². The normalized spacial score (nSPS) is 13.4. The Bertz CT molecular complexity index is 516. The van der Waals surface area contributed by atoms with E-state index in [1.54, 1.807) is 6.07 Å². The Morgan fingerprint density at radius 2 is 1.84 bits per heavy atom. The van der Waals surface area contributed by atoms with Gasteiger partial charge in [0, 0.05) is 3.92 Å². The summed E-state index contributed by atoms with van der Waals surface area (Å²) in [5.74, 6) is -0.0597. The number of unbranched alkanes of at least 4 members (excludes halogenated alkanes) is 5. The molecule has 1 aromatic carbocycles. The summed E-state index contributed by atoms with van der Waals surface area (Å²) in [6, 6.07) is 5.45. The maximum atomic E-state index is 11.5. The van der Waals surface area contributed by atoms with Crippen molar-refractivity contribution in [3.63, 3.8) is 0 Å². The molecular weight excluding hydrogens is 427 g/mol. The van der Waals surface area contributed by atoms with Crippen LogP contribution in [-0.4, -0.2) is 21.6 Å². The first kappa shape index (κ1) is 22.3. The summed E-state index contributed by atoms with van der Waals surface area (Å²) in [6.45, 7) is 7.04. The Hall–Kier alpha value is -0.780. The minimum absolute atomic E-state index is 0.279. The number of carboxylic acids is 1. The van der Waals surface area contributed by atoms with Gasteiger partial charge in [-0.05, 0) is 30.4 Å². The van der Waals surface area contributed by atoms with Crippen LogP contribution in [0.3, 0.4) is 0 Å². The van der Waals surface area contributed by atoms with Gasteiger partial charge in [-0.1, -0.05) is 94.0 Å². The van der Waals surface area contributed by atoms with Crippen LogP contribution in [0.25, 0.3) is 0 Å². The minimum atomic E-state index is -0.916. The molecule has 0 saturated heterocycles. The van der Waals surface area contributed by atoms with Gasteiger partial charge < -0.3 is 9.84 Å². The highest BCUT2D eigenvalue weighted by atomic mass is 127. The first-order valence-corrected chi connectivity index (χ1v) is 10.9. The summed E-state index contributed by atoms with van der Waals surface area (Å²) in [7, 11) is 0. The molecule has 0 fully saturated rings. The van der Waals surface area contributed by atoms with E-state index in [1.165, 1.54) is 38.5 Å². The third kappa shape index (κ3) is 7.97. The highest BCUT2D eigenvalue weighted by molar-refractivity contribution is 14.1. The summed E-state index contributed by atoms with van der Waals surface area (Å²) in [4.78, 5) is 11.5. The van der Waals surface area contributed by atoms with Gasteiger partial charge >= 0.3 is 5.97 Å². The quantitative estimate of drug-likeness (QED) is 0.199. The van der Waals surface area contributed by atoms with Crippen molar-refractivity contribution in [3.8, 4) is 5.75 Å². The maximum absolute atomic E-state index is 11.5. The molecule has 0 saturated carbocycles. The van der Waals surface area contributed by atoms with Crippen molar-refractivity contribution in [1.29, 1.82) is 0 Å². The molecule has 0 amide bonds. The Morgan fingerprint density at radius 3 is 2.48 bits per heavy atom. The highest BCUT2D eigenvalue weighted by Gasteiger charge is 2.19. The Balaban J connectivity index is 2.58. The van der Waals surface area contributed by atoms with Gasteiger partial charge in [-0.15, -0.1) is 0 Å². The van der Waals surface area contributed by atoms with E-state index in [0.717, 1.165) is 18.4 Å². The van der Waals surface area contributed by atoms with Crippen LogP contribution < -0.4 is 4.74 Å². The molecule has 142 valence electrons. The molecule has 0 aliphatic rings. The smallest absolute Gasteiger partial charge is 0.339 e. The van der Waals surface area contributed by atoms with E-state index in [9.17, 15) is 9.90 Å². The lowest BCUT2D eigenvalue weighted by Gasteiger charge is -2.19. The fourth-order valence-corrected chi connectivity index (χ4v) is 3.52. The second-order valence-electron chi connectivity index (χ2n) is 6.80. The first-order valence-electron chi connectivity index (χ1n) is 9.64. The zero-order chi connectivity index (χ0) is 18.7. The second kappa shape index (κ2) is 12.6. The molecule has 0 radical (unpaired) electrons. The SMILES string of the molecule is CCCCCCCCC(I)COc1c(C(=O)O)cccc1C(C)CC. The average Bonchev–Trinajstić information content (AvgIpc) is 2.61. The van der Waals surface area contributed by atoms with Crippen molar-refractivity contribution < 1.29 is 14.6 Å². The highest BCUT2D eigenvalue weighted by Crippen LogP contribution is 2.32. The predicted molar refractivity (Wildman–Crippen MR) is 113 cm³/mol. The first-order chi connectivity index (χ1) is 12.0. The number of hydrogen-bond donors (Lipinski definition) is 1. The Kier molecular flexibility index (Phi) is 11.2. The number of aromatic carboxylic acids is 1. The van der Waals surface area contributed by atoms with E-state index in [0.29, 0.717) is 22.2 Å². The molecule has 0 aliphatic heterocycles. The molecule has 1 rings (SSSR count). The second-order valence-corrected chi connectivity index (χ2v) is 8.56. The zero-order valence-corrected chi connectivity index (χ0v) is 18.0. The van der Waals surface area contributed by atoms with Gasteiger partial charge in [0.1, 0.15) is 11.3 Å². The molecule has 0 aliphatic carbocycles. The standard InChI is InChI=1S/C21H33IO3/c1-4-6-7-8-9-10-12-17(22)15-25-20-18(16(3)5-2)13-11-14-19(20)21(23)24/h11,13-14,16-17H,4-10,12,15H2,1-3H3,(H,23,24). The number of carboxylic acid groups (broad SMARTS) is 1. The summed E-state index contributed by atoms with van der Waals surface area (Å²) in [6.07, 6.45) is 9.86. The molecule has 25 heavy (non-hydrogen) atoms. The third-order valence-corrected chi connectivity index (χ3v) is 5.68. The summed E-state index contributed by atoms with van der Waals surface area (Å²) < 4.78 is 6.43. The number of halogens is 1. The topological polar surface area (TPSA) is 46.5 Å². The number of alkyl halides is 1. The number of hydrogen-bond acceptors (Lipinski definition) is 2. The molecule has 4 heteroatoms. The zero-order valence-electron chi connectivity index (χ0n) is 15.9. The molecular formula is C21H33IO3. The van der Waals surface area contributed by atoms with Gasteiger partial charge in [0.25, 0.3) is 0 Å². The van der Waals surface area contributed by atoms with Gasteiger partial charge in [-0.3, -0.25) is 0 Å². The fraction of sp³-hybridized carbons (Fsp3) is 0.667. The Morgan fingerprint density at radius 1 is 1.16 bits per heavy atom. The van der Waals surface area contributed by atoms with Crippen LogP contribution in [0.5, 0.6) is 5.75 Å². The fourth-order valence-electron chi connectivity index (χ4n) is 2.90. The molecule has 1 aromatic rings. The van der Waals surface area contributed by atoms with Crippen molar-refractivity contribution in [3.05, 3.63) is 29.3 Å². The van der Waals surface area contributed by atoms with Crippen LogP contribution in [0.2, 0.25) is 0 Å². The number of rotatable bonds is 13. The van der Waals surface area contributed by atoms with Crippen molar-refractivity contribution >= 4 is 28.6 Å². The largest absolute Gasteiger partial charge is 0.491 e. The molecule has 0 bridgehead atoms. The molecule has 0 aromatic heterocycles. The van der Waals surface area contributed by atoms with Gasteiger partial charge in [0.05, 0.1) is 6.61 Å². The average molecular weight is 460 g/mol. The van der Waals surface area contributed by atoms with Crippen molar-refractivity contribution in [1.82, 2.24) is 0 Å². The van der Waals surface area contributed by atoms with Crippen molar-refractivity contribution in [2.24, 2.45) is 0 Å². The third-order valence-electron chi connectivity index (χ3n) is 4.70. The summed E-state index contributed by atoms with van der Waals surface area (Å²) in [5, 5.41) is 9.47. The number of ether oxygens (including phenoxy) is 1. The van der Waals surface area contributed by atoms with Gasteiger partial charge in [-0.25, -0.2) is 4.79 Å². The van der Waals surface area contributed by atoms with Crippen LogP contribution in [0, 0.1) is 0 Å². The molecule has 0 heterocycles. The van der Waals surface area contributed by atoms with Crippen molar-refractivity contribution in [2.45, 2.75) is 82.0 Å². The van der Waals surface area contributed by atoms with Gasteiger partial charge in [0.15, 0.2) is 0 Å². The monoisotopic (exact) mass is 460 g/mol. The number of benzene rings is 1. The number of carbonyl (C=O) groups is 1. The van der Waals surface area contributed by atoms with Gasteiger partial charge in [-0.2, -0.15) is 0 Å². The minimum Gasteiger partial charge on any atom is -0.491 e. The lowest BCUT2D eigenvalue weighted by molar-refractivity contribution is 0.0692. The predicted octanol–water partition coefficient (Wildman–Crippen LogP) is 6.83. The van der Waals surface area contributed by atoms with E-state index < -0.39 is 5.97 Å². The maximum Gasteiger partial charge on any atom is 0.339 e. The Labute approximate surface area is 166 Å². The van der Waals surface area contributed by atoms with E-state index in [-0.39, 0.29) is 5.56 Å². The van der Waals surface area contributed by atoms with Crippen molar-refractivity contribution in [2.75, 3.05) is 6.61 Å². The lowest BCUT2D eigenvalue weighted by atomic mass is 9.95. The van der Waals surface area contributed by atoms with E-state index >= 15 is 0 Å². The van der Waals surface area contributed by atoms with E-state index in [1.807, 2.05) is 12.1 Å². The van der Waals surface area contributed by atoms with Crippen LogP contribution in [-0.2, 0) is 0 Å². The van der Waals surface area contributed by atoms with Crippen LogP contribution in [0.15, 0.2) is 18.2 Å². The molecule has 1 N–H and O–H groups in total. The molecule has 3 nitrogen and oxygen atoms in total. The van der Waals surface area contributed by atoms with Crippen LogP contribution in [0.4, 0.5) is 0 Å². The summed E-state index contributed by atoms with van der Waals surface area (Å²) in [5.41, 5.74) is 1.28.